The SMILES string of the molecule is OC(Cc1ccc(OC(F)(F)F)cc1)c1cccs1. The first-order valence-electron chi connectivity index (χ1n) is 5.50. The van der Waals surface area contributed by atoms with Crippen molar-refractivity contribution in [1.82, 2.24) is 0 Å². The molecule has 0 aliphatic rings. The van der Waals surface area contributed by atoms with Crippen molar-refractivity contribution >= 4 is 11.3 Å². The Labute approximate surface area is 112 Å². The minimum atomic E-state index is -4.68. The molecule has 102 valence electrons. The van der Waals surface area contributed by atoms with Crippen LogP contribution in [-0.2, 0) is 6.42 Å². The van der Waals surface area contributed by atoms with Crippen molar-refractivity contribution in [3.05, 3.63) is 52.2 Å². The average molecular weight is 288 g/mol. The zero-order valence-electron chi connectivity index (χ0n) is 9.72. The number of ether oxygens (including phenoxy) is 1. The van der Waals surface area contributed by atoms with Gasteiger partial charge in [-0.25, -0.2) is 0 Å². The molecule has 19 heavy (non-hydrogen) atoms. The molecule has 0 aliphatic carbocycles. The molecule has 2 nitrogen and oxygen atoms in total. The summed E-state index contributed by atoms with van der Waals surface area (Å²) in [6, 6.07) is 9.16. The summed E-state index contributed by atoms with van der Waals surface area (Å²) in [7, 11) is 0. The van der Waals surface area contributed by atoms with Gasteiger partial charge in [0.05, 0.1) is 6.10 Å². The van der Waals surface area contributed by atoms with Crippen LogP contribution in [0.2, 0.25) is 0 Å². The van der Waals surface area contributed by atoms with Crippen LogP contribution in [0.15, 0.2) is 41.8 Å². The van der Waals surface area contributed by atoms with Crippen molar-refractivity contribution in [2.24, 2.45) is 0 Å². The highest BCUT2D eigenvalue weighted by atomic mass is 32.1. The molecular weight excluding hydrogens is 277 g/mol. The Balaban J connectivity index is 1.99. The molecule has 0 aliphatic heterocycles. The Morgan fingerprint density at radius 3 is 2.37 bits per heavy atom. The number of hydrogen-bond donors (Lipinski definition) is 1. The first-order chi connectivity index (χ1) is 8.94. The maximum absolute atomic E-state index is 12.0. The monoisotopic (exact) mass is 288 g/mol. The van der Waals surface area contributed by atoms with Gasteiger partial charge in [0.2, 0.25) is 0 Å². The zero-order chi connectivity index (χ0) is 13.9. The summed E-state index contributed by atoms with van der Waals surface area (Å²) in [5, 5.41) is 11.8. The molecule has 1 aromatic heterocycles. The molecule has 0 saturated heterocycles. The third-order valence-electron chi connectivity index (χ3n) is 2.46. The topological polar surface area (TPSA) is 29.5 Å². The molecule has 0 bridgehead atoms. The van der Waals surface area contributed by atoms with Gasteiger partial charge in [-0.2, -0.15) is 0 Å². The van der Waals surface area contributed by atoms with Crippen molar-refractivity contribution < 1.29 is 23.0 Å². The van der Waals surface area contributed by atoms with Gasteiger partial charge >= 0.3 is 6.36 Å². The number of alkyl halides is 3. The number of rotatable bonds is 4. The minimum Gasteiger partial charge on any atom is -0.406 e. The fourth-order valence-electron chi connectivity index (χ4n) is 1.63. The second kappa shape index (κ2) is 5.63. The molecule has 1 atom stereocenters. The number of thiophene rings is 1. The lowest BCUT2D eigenvalue weighted by molar-refractivity contribution is -0.274. The lowest BCUT2D eigenvalue weighted by Gasteiger charge is -2.11. The molecule has 0 radical (unpaired) electrons. The summed E-state index contributed by atoms with van der Waals surface area (Å²) in [5.41, 5.74) is 0.746. The molecule has 2 rings (SSSR count). The predicted octanol–water partition coefficient (Wildman–Crippen LogP) is 3.92. The lowest BCUT2D eigenvalue weighted by Crippen LogP contribution is -2.17. The number of aliphatic hydroxyl groups excluding tert-OH is 1. The maximum atomic E-state index is 12.0. The van der Waals surface area contributed by atoms with E-state index in [2.05, 4.69) is 4.74 Å². The summed E-state index contributed by atoms with van der Waals surface area (Å²) >= 11 is 1.44. The van der Waals surface area contributed by atoms with Gasteiger partial charge in [0.15, 0.2) is 0 Å². The van der Waals surface area contributed by atoms with Crippen LogP contribution >= 0.6 is 11.3 Å². The van der Waals surface area contributed by atoms with Gasteiger partial charge in [-0.15, -0.1) is 24.5 Å². The molecule has 0 fully saturated rings. The summed E-state index contributed by atoms with van der Waals surface area (Å²) in [6.45, 7) is 0. The first-order valence-corrected chi connectivity index (χ1v) is 6.38. The Kier molecular flexibility index (Phi) is 4.11. The van der Waals surface area contributed by atoms with E-state index in [-0.39, 0.29) is 5.75 Å². The van der Waals surface area contributed by atoms with Crippen LogP contribution in [0.4, 0.5) is 13.2 Å². The smallest absolute Gasteiger partial charge is 0.406 e. The van der Waals surface area contributed by atoms with E-state index in [0.717, 1.165) is 10.4 Å². The number of aliphatic hydroxyl groups is 1. The summed E-state index contributed by atoms with van der Waals surface area (Å²) < 4.78 is 39.7. The Hall–Kier alpha value is -1.53. The molecule has 1 heterocycles. The molecule has 6 heteroatoms. The van der Waals surface area contributed by atoms with Crippen LogP contribution in [0.1, 0.15) is 16.5 Å². The Morgan fingerprint density at radius 1 is 1.16 bits per heavy atom. The molecule has 1 aromatic carbocycles. The van der Waals surface area contributed by atoms with Crippen molar-refractivity contribution in [3.8, 4) is 5.75 Å². The third kappa shape index (κ3) is 4.25. The van der Waals surface area contributed by atoms with Gasteiger partial charge < -0.3 is 9.84 Å². The van der Waals surface area contributed by atoms with Crippen LogP contribution in [0, 0.1) is 0 Å². The fourth-order valence-corrected chi connectivity index (χ4v) is 2.34. The number of halogens is 3. The fraction of sp³-hybridized carbons (Fsp3) is 0.231. The first kappa shape index (κ1) is 13.9. The molecule has 0 spiro atoms. The second-order valence-electron chi connectivity index (χ2n) is 3.93. The normalized spacial score (nSPS) is 13.3. The predicted molar refractivity (Wildman–Crippen MR) is 66.1 cm³/mol. The summed E-state index contributed by atoms with van der Waals surface area (Å²) in [6.07, 6.45) is -4.97. The van der Waals surface area contributed by atoms with Crippen molar-refractivity contribution in [1.29, 1.82) is 0 Å². The van der Waals surface area contributed by atoms with E-state index in [0.29, 0.717) is 6.42 Å². The van der Waals surface area contributed by atoms with Gasteiger partial charge in [-0.05, 0) is 29.1 Å². The van der Waals surface area contributed by atoms with Crippen LogP contribution in [0.25, 0.3) is 0 Å². The van der Waals surface area contributed by atoms with E-state index in [4.69, 9.17) is 0 Å². The van der Waals surface area contributed by atoms with E-state index in [1.807, 2.05) is 17.5 Å². The van der Waals surface area contributed by atoms with Crippen LogP contribution in [0.3, 0.4) is 0 Å². The van der Waals surface area contributed by atoms with E-state index >= 15 is 0 Å². The van der Waals surface area contributed by atoms with Gasteiger partial charge in [0.25, 0.3) is 0 Å². The highest BCUT2D eigenvalue weighted by Gasteiger charge is 2.30. The van der Waals surface area contributed by atoms with E-state index in [9.17, 15) is 18.3 Å². The van der Waals surface area contributed by atoms with E-state index in [1.165, 1.54) is 35.6 Å². The third-order valence-corrected chi connectivity index (χ3v) is 3.43. The van der Waals surface area contributed by atoms with E-state index in [1.54, 1.807) is 0 Å². The van der Waals surface area contributed by atoms with Gasteiger partial charge in [0, 0.05) is 11.3 Å². The molecular formula is C13H11F3O2S. The Morgan fingerprint density at radius 2 is 1.84 bits per heavy atom. The molecule has 2 aromatic rings. The molecule has 1 N–H and O–H groups in total. The highest BCUT2D eigenvalue weighted by Crippen LogP contribution is 2.26. The molecule has 0 amide bonds. The zero-order valence-corrected chi connectivity index (χ0v) is 10.5. The van der Waals surface area contributed by atoms with Gasteiger partial charge in [-0.3, -0.25) is 0 Å². The minimum absolute atomic E-state index is 0.262. The van der Waals surface area contributed by atoms with Crippen LogP contribution in [-0.4, -0.2) is 11.5 Å². The van der Waals surface area contributed by atoms with Crippen LogP contribution < -0.4 is 4.74 Å². The lowest BCUT2D eigenvalue weighted by atomic mass is 10.1. The van der Waals surface area contributed by atoms with Crippen molar-refractivity contribution in [3.63, 3.8) is 0 Å². The van der Waals surface area contributed by atoms with Gasteiger partial charge in [0.1, 0.15) is 5.75 Å². The second-order valence-corrected chi connectivity index (χ2v) is 4.91. The van der Waals surface area contributed by atoms with Crippen molar-refractivity contribution in [2.75, 3.05) is 0 Å². The quantitative estimate of drug-likeness (QED) is 0.924. The standard InChI is InChI=1S/C13H11F3O2S/c14-13(15,16)18-10-5-3-9(4-6-10)8-11(17)12-2-1-7-19-12/h1-7,11,17H,8H2. The van der Waals surface area contributed by atoms with E-state index < -0.39 is 12.5 Å². The number of benzene rings is 1. The highest BCUT2D eigenvalue weighted by molar-refractivity contribution is 7.10. The van der Waals surface area contributed by atoms with Crippen LogP contribution in [0.5, 0.6) is 5.75 Å². The Bertz CT molecular complexity index is 506. The van der Waals surface area contributed by atoms with Crippen molar-refractivity contribution in [2.45, 2.75) is 18.9 Å². The molecule has 0 saturated carbocycles. The largest absolute Gasteiger partial charge is 0.573 e. The summed E-state index contributed by atoms with van der Waals surface area (Å²) in [4.78, 5) is 0.829. The maximum Gasteiger partial charge on any atom is 0.573 e. The average Bonchev–Trinajstić information content (AvgIpc) is 2.83. The summed E-state index contributed by atoms with van der Waals surface area (Å²) in [5.74, 6) is -0.262. The molecule has 1 unspecified atom stereocenters. The van der Waals surface area contributed by atoms with Gasteiger partial charge in [-0.1, -0.05) is 18.2 Å². The number of hydrogen-bond acceptors (Lipinski definition) is 3.